The molecule has 0 fully saturated rings. The van der Waals surface area contributed by atoms with Crippen LogP contribution in [0.5, 0.6) is 0 Å². The molecule has 2 aliphatic heterocycles. The van der Waals surface area contributed by atoms with Crippen LogP contribution in [-0.4, -0.2) is 16.1 Å². The van der Waals surface area contributed by atoms with Gasteiger partial charge in [0.2, 0.25) is 0 Å². The van der Waals surface area contributed by atoms with Crippen LogP contribution in [0, 0.1) is 0 Å². The Kier molecular flexibility index (Phi) is 6.80. The van der Waals surface area contributed by atoms with Crippen molar-refractivity contribution >= 4 is 96.2 Å². The minimum atomic E-state index is -2.03. The summed E-state index contributed by atoms with van der Waals surface area (Å²) in [5.41, 5.74) is 11.8. The molecule has 258 valence electrons. The van der Waals surface area contributed by atoms with Crippen molar-refractivity contribution < 1.29 is 0 Å². The number of nitrogens with zero attached hydrogens (tertiary/aromatic N) is 1. The van der Waals surface area contributed by atoms with Crippen molar-refractivity contribution in [1.82, 2.24) is 0 Å². The van der Waals surface area contributed by atoms with Gasteiger partial charge in [-0.3, -0.25) is 0 Å². The lowest BCUT2D eigenvalue weighted by Gasteiger charge is -2.30. The van der Waals surface area contributed by atoms with Crippen molar-refractivity contribution in [3.05, 3.63) is 164 Å². The molecule has 1 aromatic heterocycles. The molecule has 0 amide bonds. The Labute approximate surface area is 322 Å². The van der Waals surface area contributed by atoms with Gasteiger partial charge in [0.1, 0.15) is 16.1 Å². The van der Waals surface area contributed by atoms with Gasteiger partial charge in [0.25, 0.3) is 0 Å². The number of benzene rings is 8. The first kappa shape index (κ1) is 32.0. The van der Waals surface area contributed by atoms with Crippen LogP contribution in [-0.2, 0) is 0 Å². The average Bonchev–Trinajstić information content (AvgIpc) is 3.78. The van der Waals surface area contributed by atoms with Crippen molar-refractivity contribution in [2.24, 2.45) is 0 Å². The molecule has 1 nitrogen and oxygen atoms in total. The third-order valence-electron chi connectivity index (χ3n) is 12.5. The molecule has 9 aromatic rings. The van der Waals surface area contributed by atoms with Crippen molar-refractivity contribution in [2.75, 3.05) is 4.90 Å². The zero-order chi connectivity index (χ0) is 36.3. The topological polar surface area (TPSA) is 3.24 Å². The summed E-state index contributed by atoms with van der Waals surface area (Å²) >= 11 is 1.92. The van der Waals surface area contributed by atoms with Gasteiger partial charge in [-0.15, -0.1) is 11.3 Å². The second kappa shape index (κ2) is 11.5. The van der Waals surface area contributed by atoms with Crippen LogP contribution in [0.4, 0.5) is 17.1 Å². The normalized spacial score (nSPS) is 14.6. The molecule has 11 rings (SSSR count). The smallest absolute Gasteiger partial charge is 0.113 e. The molecular formula is C50H39NSSi2. The molecule has 4 heteroatoms. The van der Waals surface area contributed by atoms with E-state index in [2.05, 4.69) is 195 Å². The van der Waals surface area contributed by atoms with E-state index in [0.717, 1.165) is 0 Å². The fraction of sp³-hybridized carbons (Fsp3) is 0.0800. The third-order valence-corrected chi connectivity index (χ3v) is 20.7. The summed E-state index contributed by atoms with van der Waals surface area (Å²) in [6.45, 7) is 10.1. The minimum Gasteiger partial charge on any atom is -0.310 e. The summed E-state index contributed by atoms with van der Waals surface area (Å²) in [6.07, 6.45) is 0. The Hall–Kier alpha value is -5.53. The Morgan fingerprint density at radius 3 is 1.96 bits per heavy atom. The average molecular weight is 742 g/mol. The minimum absolute atomic E-state index is 1.18. The maximum absolute atomic E-state index is 2.56. The van der Waals surface area contributed by atoms with Crippen LogP contribution in [0.25, 0.3) is 64.3 Å². The standard InChI is InChI=1S/C50H39NSSi2/c1-53(2)44-18-10-8-15-39(44)48-41(16-11-19-45(48)53)51(36-24-22-33(23-25-36)35-21-20-32-12-5-6-13-34(32)30-35)37-26-27-40-47(31-37)54(3,4)46-29-28-43-49(50(40)46)38-14-7-9-17-42(38)52-43/h5-31H,1-4H3. The first-order valence-corrected chi connectivity index (χ1v) is 25.8. The maximum atomic E-state index is 2.56. The van der Waals surface area contributed by atoms with E-state index in [4.69, 9.17) is 0 Å². The van der Waals surface area contributed by atoms with Gasteiger partial charge in [0.15, 0.2) is 0 Å². The zero-order valence-electron chi connectivity index (χ0n) is 30.9. The monoisotopic (exact) mass is 741 g/mol. The summed E-state index contributed by atoms with van der Waals surface area (Å²) in [6, 6.07) is 62.1. The number of rotatable bonds is 4. The van der Waals surface area contributed by atoms with E-state index in [1.807, 2.05) is 11.3 Å². The molecule has 54 heavy (non-hydrogen) atoms. The molecule has 0 radical (unpaired) electrons. The van der Waals surface area contributed by atoms with Gasteiger partial charge >= 0.3 is 0 Å². The zero-order valence-corrected chi connectivity index (χ0v) is 33.8. The number of hydrogen-bond acceptors (Lipinski definition) is 2. The van der Waals surface area contributed by atoms with E-state index >= 15 is 0 Å². The first-order chi connectivity index (χ1) is 26.3. The number of fused-ring (bicyclic) bond motifs is 11. The van der Waals surface area contributed by atoms with Gasteiger partial charge in [-0.1, -0.05) is 141 Å². The molecule has 0 unspecified atom stereocenters. The lowest BCUT2D eigenvalue weighted by Crippen LogP contribution is -2.49. The van der Waals surface area contributed by atoms with Crippen molar-refractivity contribution in [3.8, 4) is 33.4 Å². The molecule has 0 atom stereocenters. The van der Waals surface area contributed by atoms with Gasteiger partial charge in [-0.05, 0) is 108 Å². The number of anilines is 3. The van der Waals surface area contributed by atoms with Crippen LogP contribution in [0.1, 0.15) is 0 Å². The Bertz CT molecular complexity index is 3010. The summed E-state index contributed by atoms with van der Waals surface area (Å²) < 4.78 is 2.75. The summed E-state index contributed by atoms with van der Waals surface area (Å²) in [5, 5.41) is 11.5. The van der Waals surface area contributed by atoms with Gasteiger partial charge in [-0.2, -0.15) is 0 Å². The second-order valence-corrected chi connectivity index (χ2v) is 25.9. The van der Waals surface area contributed by atoms with E-state index in [0.29, 0.717) is 0 Å². The van der Waals surface area contributed by atoms with E-state index < -0.39 is 16.1 Å². The summed E-state index contributed by atoms with van der Waals surface area (Å²) in [5.74, 6) is 0. The molecule has 0 saturated heterocycles. The molecule has 0 aliphatic carbocycles. The van der Waals surface area contributed by atoms with Crippen LogP contribution >= 0.6 is 11.3 Å². The van der Waals surface area contributed by atoms with Gasteiger partial charge in [-0.25, -0.2) is 0 Å². The molecule has 8 aromatic carbocycles. The Morgan fingerprint density at radius 2 is 1.09 bits per heavy atom. The summed E-state index contributed by atoms with van der Waals surface area (Å²) in [7, 11) is -3.91. The van der Waals surface area contributed by atoms with Crippen LogP contribution in [0.2, 0.25) is 26.2 Å². The largest absolute Gasteiger partial charge is 0.310 e. The first-order valence-electron chi connectivity index (χ1n) is 19.0. The quantitative estimate of drug-likeness (QED) is 0.162. The summed E-state index contributed by atoms with van der Waals surface area (Å²) in [4.78, 5) is 2.55. The van der Waals surface area contributed by atoms with Crippen LogP contribution in [0.15, 0.2) is 164 Å². The lowest BCUT2D eigenvalue weighted by molar-refractivity contribution is 1.29. The molecule has 0 spiro atoms. The highest BCUT2D eigenvalue weighted by Crippen LogP contribution is 2.46. The predicted octanol–water partition coefficient (Wildman–Crippen LogP) is 12.0. The molecule has 0 N–H and O–H groups in total. The van der Waals surface area contributed by atoms with Crippen molar-refractivity contribution in [2.45, 2.75) is 26.2 Å². The van der Waals surface area contributed by atoms with Gasteiger partial charge in [0, 0.05) is 37.1 Å². The van der Waals surface area contributed by atoms with Crippen LogP contribution < -0.4 is 25.6 Å². The van der Waals surface area contributed by atoms with Gasteiger partial charge in [0.05, 0.1) is 5.69 Å². The second-order valence-electron chi connectivity index (χ2n) is 16.1. The van der Waals surface area contributed by atoms with E-state index in [9.17, 15) is 0 Å². The molecule has 0 saturated carbocycles. The molecular weight excluding hydrogens is 703 g/mol. The van der Waals surface area contributed by atoms with E-state index in [1.54, 1.807) is 5.19 Å². The highest BCUT2D eigenvalue weighted by Gasteiger charge is 2.41. The predicted molar refractivity (Wildman–Crippen MR) is 241 cm³/mol. The third kappa shape index (κ3) is 4.48. The molecule has 3 heterocycles. The van der Waals surface area contributed by atoms with Crippen LogP contribution in [0.3, 0.4) is 0 Å². The van der Waals surface area contributed by atoms with E-state index in [1.165, 1.54) is 96.9 Å². The Balaban J connectivity index is 1.12. The molecule has 2 aliphatic rings. The van der Waals surface area contributed by atoms with Gasteiger partial charge < -0.3 is 4.90 Å². The maximum Gasteiger partial charge on any atom is 0.113 e. The van der Waals surface area contributed by atoms with Crippen molar-refractivity contribution in [3.63, 3.8) is 0 Å². The lowest BCUT2D eigenvalue weighted by atomic mass is 9.98. The molecule has 0 bridgehead atoms. The van der Waals surface area contributed by atoms with E-state index in [-0.39, 0.29) is 0 Å². The fourth-order valence-corrected chi connectivity index (χ4v) is 17.0. The highest BCUT2D eigenvalue weighted by atomic mass is 32.1. The number of thiophene rings is 1. The fourth-order valence-electron chi connectivity index (χ4n) is 9.69. The van der Waals surface area contributed by atoms with Crippen molar-refractivity contribution in [1.29, 1.82) is 0 Å². The number of hydrogen-bond donors (Lipinski definition) is 0. The Morgan fingerprint density at radius 1 is 0.426 bits per heavy atom. The highest BCUT2D eigenvalue weighted by molar-refractivity contribution is 7.26. The SMILES string of the molecule is C[Si]1(C)c2ccccc2-c2c(N(c3ccc(-c4ccc5ccccc5c4)cc3)c3ccc4c(c3)[Si](C)(C)c3ccc5sc6ccccc6c5c3-4)cccc21.